The van der Waals surface area contributed by atoms with Gasteiger partial charge >= 0.3 is 0 Å². The van der Waals surface area contributed by atoms with E-state index in [4.69, 9.17) is 11.6 Å². The van der Waals surface area contributed by atoms with Gasteiger partial charge in [-0.3, -0.25) is 0 Å². The molecule has 2 heterocycles. The maximum absolute atomic E-state index is 5.87. The van der Waals surface area contributed by atoms with Crippen LogP contribution < -0.4 is 5.32 Å². The van der Waals surface area contributed by atoms with E-state index in [9.17, 15) is 0 Å². The fourth-order valence-corrected chi connectivity index (χ4v) is 2.70. The number of hydrogen-bond donors (Lipinski definition) is 1. The highest BCUT2D eigenvalue weighted by molar-refractivity contribution is 6.30. The van der Waals surface area contributed by atoms with Gasteiger partial charge in [0.25, 0.3) is 0 Å². The van der Waals surface area contributed by atoms with Gasteiger partial charge in [0.05, 0.1) is 16.9 Å². The molecule has 1 aliphatic heterocycles. The van der Waals surface area contributed by atoms with Crippen molar-refractivity contribution < 1.29 is 0 Å². The number of hydrogen-bond acceptors (Lipinski definition) is 2. The van der Waals surface area contributed by atoms with E-state index in [-0.39, 0.29) is 5.54 Å². The van der Waals surface area contributed by atoms with E-state index in [0.717, 1.165) is 12.2 Å². The molecule has 2 aromatic rings. The topological polar surface area (TPSA) is 29.9 Å². The summed E-state index contributed by atoms with van der Waals surface area (Å²) in [4.78, 5) is 0. The monoisotopic (exact) mass is 261 g/mol. The molecule has 0 spiro atoms. The maximum Gasteiger partial charge on any atom is 0.0790 e. The molecular weight excluding hydrogens is 246 g/mol. The van der Waals surface area contributed by atoms with Crippen molar-refractivity contribution in [2.45, 2.75) is 25.3 Å². The molecule has 3 rings (SSSR count). The van der Waals surface area contributed by atoms with Gasteiger partial charge in [-0.25, -0.2) is 4.68 Å². The smallest absolute Gasteiger partial charge is 0.0790 e. The third-order valence-electron chi connectivity index (χ3n) is 3.69. The Morgan fingerprint density at radius 2 is 2.11 bits per heavy atom. The summed E-state index contributed by atoms with van der Waals surface area (Å²) in [7, 11) is 0. The molecule has 1 aliphatic rings. The summed E-state index contributed by atoms with van der Waals surface area (Å²) in [6, 6.07) is 8.51. The number of nitrogens with one attached hydrogen (secondary N) is 1. The maximum atomic E-state index is 5.87. The van der Waals surface area contributed by atoms with Crippen LogP contribution in [-0.2, 0) is 5.54 Å². The fraction of sp³-hybridized carbons (Fsp3) is 0.357. The van der Waals surface area contributed by atoms with Gasteiger partial charge in [0, 0.05) is 11.7 Å². The van der Waals surface area contributed by atoms with Crippen LogP contribution in [0.3, 0.4) is 0 Å². The van der Waals surface area contributed by atoms with Crippen LogP contribution in [0.1, 0.15) is 25.3 Å². The predicted octanol–water partition coefficient (Wildman–Crippen LogP) is 3.12. The highest BCUT2D eigenvalue weighted by atomic mass is 35.5. The van der Waals surface area contributed by atoms with Crippen molar-refractivity contribution in [3.8, 4) is 5.69 Å². The van der Waals surface area contributed by atoms with E-state index in [0.29, 0.717) is 5.02 Å². The molecule has 3 nitrogen and oxygen atoms in total. The molecule has 0 saturated carbocycles. The largest absolute Gasteiger partial charge is 0.308 e. The van der Waals surface area contributed by atoms with Crippen LogP contribution in [-0.4, -0.2) is 16.3 Å². The molecule has 0 aliphatic carbocycles. The van der Waals surface area contributed by atoms with Crippen molar-refractivity contribution in [1.82, 2.24) is 15.1 Å². The van der Waals surface area contributed by atoms with Gasteiger partial charge in [-0.15, -0.1) is 0 Å². The summed E-state index contributed by atoms with van der Waals surface area (Å²) in [5.41, 5.74) is 2.49. The number of halogens is 1. The lowest BCUT2D eigenvalue weighted by atomic mass is 9.90. The van der Waals surface area contributed by atoms with Crippen LogP contribution in [0.5, 0.6) is 0 Å². The third-order valence-corrected chi connectivity index (χ3v) is 3.88. The number of rotatable bonds is 2. The summed E-state index contributed by atoms with van der Waals surface area (Å²) < 4.78 is 1.79. The Bertz CT molecular complexity index is 538. The van der Waals surface area contributed by atoms with E-state index in [1.165, 1.54) is 18.4 Å². The third kappa shape index (κ3) is 2.04. The second-order valence-electron chi connectivity index (χ2n) is 5.01. The van der Waals surface area contributed by atoms with E-state index in [1.807, 2.05) is 6.20 Å². The molecule has 4 heteroatoms. The van der Waals surface area contributed by atoms with Gasteiger partial charge in [-0.1, -0.05) is 23.7 Å². The van der Waals surface area contributed by atoms with Gasteiger partial charge in [0.15, 0.2) is 0 Å². The zero-order valence-electron chi connectivity index (χ0n) is 10.4. The Morgan fingerprint density at radius 1 is 1.33 bits per heavy atom. The number of aromatic nitrogens is 2. The predicted molar refractivity (Wildman–Crippen MR) is 73.2 cm³/mol. The Labute approximate surface area is 112 Å². The molecular formula is C14H16ClN3. The standard InChI is InChI=1S/C14H16ClN3/c1-14(7-2-8-16-14)11-3-5-13(6-4-11)18-10-12(15)9-17-18/h3-6,9-10,16H,2,7-8H2,1H3. The SMILES string of the molecule is CC1(c2ccc(-n3cc(Cl)cn3)cc2)CCCN1. The molecule has 0 bridgehead atoms. The fourth-order valence-electron chi connectivity index (χ4n) is 2.57. The summed E-state index contributed by atoms with van der Waals surface area (Å²) in [6.45, 7) is 3.37. The first-order valence-corrected chi connectivity index (χ1v) is 6.61. The molecule has 1 atom stereocenters. The van der Waals surface area contributed by atoms with Crippen LogP contribution in [0.2, 0.25) is 5.02 Å². The quantitative estimate of drug-likeness (QED) is 0.900. The molecule has 1 unspecified atom stereocenters. The van der Waals surface area contributed by atoms with Crippen molar-refractivity contribution in [1.29, 1.82) is 0 Å². The minimum atomic E-state index is 0.125. The van der Waals surface area contributed by atoms with Gasteiger partial charge in [0.1, 0.15) is 0 Å². The van der Waals surface area contributed by atoms with E-state index < -0.39 is 0 Å². The molecule has 1 N–H and O–H groups in total. The van der Waals surface area contributed by atoms with Gasteiger partial charge < -0.3 is 5.32 Å². The van der Waals surface area contributed by atoms with E-state index in [1.54, 1.807) is 10.9 Å². The van der Waals surface area contributed by atoms with Gasteiger partial charge in [-0.2, -0.15) is 5.10 Å². The Hall–Kier alpha value is -1.32. The lowest BCUT2D eigenvalue weighted by Crippen LogP contribution is -2.32. The average Bonchev–Trinajstić information content (AvgIpc) is 3.00. The van der Waals surface area contributed by atoms with E-state index >= 15 is 0 Å². The molecule has 94 valence electrons. The highest BCUT2D eigenvalue weighted by Gasteiger charge is 2.29. The summed E-state index contributed by atoms with van der Waals surface area (Å²) in [6.07, 6.45) is 5.90. The van der Waals surface area contributed by atoms with Crippen molar-refractivity contribution in [2.75, 3.05) is 6.54 Å². The summed E-state index contributed by atoms with van der Waals surface area (Å²) in [5, 5.41) is 8.42. The van der Waals surface area contributed by atoms with Crippen molar-refractivity contribution in [2.24, 2.45) is 0 Å². The highest BCUT2D eigenvalue weighted by Crippen LogP contribution is 2.30. The van der Waals surface area contributed by atoms with Crippen molar-refractivity contribution in [3.63, 3.8) is 0 Å². The average molecular weight is 262 g/mol. The van der Waals surface area contributed by atoms with Crippen LogP contribution >= 0.6 is 11.6 Å². The molecule has 1 aromatic heterocycles. The zero-order valence-corrected chi connectivity index (χ0v) is 11.1. The first kappa shape index (κ1) is 11.8. The second-order valence-corrected chi connectivity index (χ2v) is 5.45. The first-order valence-electron chi connectivity index (χ1n) is 6.23. The van der Waals surface area contributed by atoms with Crippen LogP contribution in [0.4, 0.5) is 0 Å². The second kappa shape index (κ2) is 4.41. The van der Waals surface area contributed by atoms with Crippen LogP contribution in [0.15, 0.2) is 36.7 Å². The minimum absolute atomic E-state index is 0.125. The normalized spacial score (nSPS) is 23.4. The number of benzene rings is 1. The van der Waals surface area contributed by atoms with Gasteiger partial charge in [-0.05, 0) is 44.0 Å². The zero-order chi connectivity index (χ0) is 12.6. The lowest BCUT2D eigenvalue weighted by Gasteiger charge is -2.25. The van der Waals surface area contributed by atoms with Gasteiger partial charge in [0.2, 0.25) is 0 Å². The molecule has 0 amide bonds. The molecule has 1 saturated heterocycles. The molecule has 18 heavy (non-hydrogen) atoms. The van der Waals surface area contributed by atoms with Crippen LogP contribution in [0, 0.1) is 0 Å². The Morgan fingerprint density at radius 3 is 2.67 bits per heavy atom. The first-order chi connectivity index (χ1) is 8.67. The minimum Gasteiger partial charge on any atom is -0.308 e. The molecule has 0 radical (unpaired) electrons. The molecule has 1 fully saturated rings. The number of nitrogens with zero attached hydrogens (tertiary/aromatic N) is 2. The Kier molecular flexibility index (Phi) is 2.88. The van der Waals surface area contributed by atoms with E-state index in [2.05, 4.69) is 41.6 Å². The molecule has 1 aromatic carbocycles. The summed E-state index contributed by atoms with van der Waals surface area (Å²) >= 11 is 5.87. The Balaban J connectivity index is 1.89. The van der Waals surface area contributed by atoms with Crippen molar-refractivity contribution >= 4 is 11.6 Å². The summed E-state index contributed by atoms with van der Waals surface area (Å²) in [5.74, 6) is 0. The lowest BCUT2D eigenvalue weighted by molar-refractivity contribution is 0.434. The van der Waals surface area contributed by atoms with Crippen molar-refractivity contribution in [3.05, 3.63) is 47.2 Å². The van der Waals surface area contributed by atoms with Crippen LogP contribution in [0.25, 0.3) is 5.69 Å².